The SMILES string of the molecule is CC1c2cccc(F)c2OCC1CN. The first-order chi connectivity index (χ1) is 6.74. The van der Waals surface area contributed by atoms with E-state index in [-0.39, 0.29) is 11.7 Å². The molecule has 0 saturated carbocycles. The standard InChI is InChI=1S/C11H14FNO/c1-7-8(5-13)6-14-11-9(7)3-2-4-10(11)12/h2-4,7-8H,5-6,13H2,1H3. The van der Waals surface area contributed by atoms with Gasteiger partial charge < -0.3 is 10.5 Å². The summed E-state index contributed by atoms with van der Waals surface area (Å²) in [6.45, 7) is 3.17. The minimum absolute atomic E-state index is 0.273. The van der Waals surface area contributed by atoms with Gasteiger partial charge in [0.1, 0.15) is 0 Å². The van der Waals surface area contributed by atoms with E-state index in [9.17, 15) is 4.39 Å². The lowest BCUT2D eigenvalue weighted by molar-refractivity contribution is 0.195. The van der Waals surface area contributed by atoms with Crippen LogP contribution in [0.1, 0.15) is 18.4 Å². The van der Waals surface area contributed by atoms with Gasteiger partial charge in [-0.3, -0.25) is 0 Å². The molecule has 2 nitrogen and oxygen atoms in total. The zero-order chi connectivity index (χ0) is 10.1. The molecule has 0 bridgehead atoms. The average molecular weight is 195 g/mol. The minimum Gasteiger partial charge on any atom is -0.490 e. The van der Waals surface area contributed by atoms with Gasteiger partial charge in [-0.25, -0.2) is 4.39 Å². The van der Waals surface area contributed by atoms with Crippen molar-refractivity contribution in [3.8, 4) is 5.75 Å². The van der Waals surface area contributed by atoms with E-state index in [0.29, 0.717) is 24.8 Å². The Morgan fingerprint density at radius 2 is 2.36 bits per heavy atom. The van der Waals surface area contributed by atoms with Crippen molar-refractivity contribution in [2.45, 2.75) is 12.8 Å². The summed E-state index contributed by atoms with van der Waals surface area (Å²) in [5.41, 5.74) is 6.55. The van der Waals surface area contributed by atoms with Crippen molar-refractivity contribution in [1.82, 2.24) is 0 Å². The van der Waals surface area contributed by atoms with Gasteiger partial charge in [-0.15, -0.1) is 0 Å². The fourth-order valence-electron chi connectivity index (χ4n) is 1.90. The highest BCUT2D eigenvalue weighted by molar-refractivity contribution is 5.39. The number of hydrogen-bond donors (Lipinski definition) is 1. The molecule has 0 saturated heterocycles. The molecule has 0 aliphatic carbocycles. The topological polar surface area (TPSA) is 35.2 Å². The molecule has 1 aliphatic rings. The summed E-state index contributed by atoms with van der Waals surface area (Å²) in [7, 11) is 0. The van der Waals surface area contributed by atoms with Gasteiger partial charge in [0.15, 0.2) is 11.6 Å². The molecule has 1 aliphatic heterocycles. The van der Waals surface area contributed by atoms with Crippen LogP contribution in [0.5, 0.6) is 5.75 Å². The normalized spacial score (nSPS) is 25.4. The third-order valence-electron chi connectivity index (χ3n) is 2.94. The van der Waals surface area contributed by atoms with Crippen LogP contribution in [-0.4, -0.2) is 13.2 Å². The van der Waals surface area contributed by atoms with E-state index in [1.54, 1.807) is 6.07 Å². The van der Waals surface area contributed by atoms with Crippen molar-refractivity contribution in [3.63, 3.8) is 0 Å². The molecule has 1 aromatic carbocycles. The Kier molecular flexibility index (Phi) is 2.42. The summed E-state index contributed by atoms with van der Waals surface area (Å²) in [5.74, 6) is 0.707. The molecule has 76 valence electrons. The van der Waals surface area contributed by atoms with Crippen LogP contribution < -0.4 is 10.5 Å². The maximum absolute atomic E-state index is 13.3. The highest BCUT2D eigenvalue weighted by Gasteiger charge is 2.28. The molecule has 0 aromatic heterocycles. The summed E-state index contributed by atoms with van der Waals surface area (Å²) in [5, 5.41) is 0. The number of rotatable bonds is 1. The van der Waals surface area contributed by atoms with E-state index in [1.165, 1.54) is 6.07 Å². The molecule has 2 N–H and O–H groups in total. The summed E-state index contributed by atoms with van der Waals surface area (Å²) in [6, 6.07) is 5.05. The molecule has 14 heavy (non-hydrogen) atoms. The number of hydrogen-bond acceptors (Lipinski definition) is 2. The van der Waals surface area contributed by atoms with Crippen molar-refractivity contribution in [1.29, 1.82) is 0 Å². The summed E-state index contributed by atoms with van der Waals surface area (Å²) in [4.78, 5) is 0. The molecule has 0 fully saturated rings. The Morgan fingerprint density at radius 1 is 1.57 bits per heavy atom. The molecule has 2 unspecified atom stereocenters. The molecule has 1 heterocycles. The fourth-order valence-corrected chi connectivity index (χ4v) is 1.90. The molecule has 3 heteroatoms. The Bertz CT molecular complexity index is 340. The van der Waals surface area contributed by atoms with Crippen LogP contribution in [0.2, 0.25) is 0 Å². The third-order valence-corrected chi connectivity index (χ3v) is 2.94. The molecule has 0 spiro atoms. The van der Waals surface area contributed by atoms with E-state index in [2.05, 4.69) is 6.92 Å². The molecule has 2 rings (SSSR count). The number of ether oxygens (including phenoxy) is 1. The summed E-state index contributed by atoms with van der Waals surface area (Å²) in [6.07, 6.45) is 0. The van der Waals surface area contributed by atoms with E-state index in [0.717, 1.165) is 5.56 Å². The van der Waals surface area contributed by atoms with Crippen LogP contribution in [0.3, 0.4) is 0 Å². The van der Waals surface area contributed by atoms with Gasteiger partial charge in [-0.2, -0.15) is 0 Å². The van der Waals surface area contributed by atoms with Gasteiger partial charge in [0.25, 0.3) is 0 Å². The molecular weight excluding hydrogens is 181 g/mol. The first-order valence-electron chi connectivity index (χ1n) is 4.85. The maximum atomic E-state index is 13.3. The van der Waals surface area contributed by atoms with Crippen LogP contribution in [0.15, 0.2) is 18.2 Å². The van der Waals surface area contributed by atoms with Crippen LogP contribution in [0, 0.1) is 11.7 Å². The van der Waals surface area contributed by atoms with Gasteiger partial charge in [0.2, 0.25) is 0 Å². The van der Waals surface area contributed by atoms with Gasteiger partial charge in [-0.1, -0.05) is 19.1 Å². The minimum atomic E-state index is -0.273. The number of fused-ring (bicyclic) bond motifs is 1. The number of halogens is 1. The third kappa shape index (κ3) is 1.38. The highest BCUT2D eigenvalue weighted by Crippen LogP contribution is 2.37. The Labute approximate surface area is 82.9 Å². The number of nitrogens with two attached hydrogens (primary N) is 1. The molecule has 0 radical (unpaired) electrons. The van der Waals surface area contributed by atoms with Gasteiger partial charge >= 0.3 is 0 Å². The second-order valence-corrected chi connectivity index (χ2v) is 3.75. The second kappa shape index (κ2) is 3.58. The lowest BCUT2D eigenvalue weighted by Gasteiger charge is -2.30. The second-order valence-electron chi connectivity index (χ2n) is 3.75. The predicted octanol–water partition coefficient (Wildman–Crippen LogP) is 1.90. The van der Waals surface area contributed by atoms with E-state index in [4.69, 9.17) is 10.5 Å². The zero-order valence-electron chi connectivity index (χ0n) is 8.16. The Hall–Kier alpha value is -1.09. The van der Waals surface area contributed by atoms with E-state index in [1.807, 2.05) is 6.07 Å². The zero-order valence-corrected chi connectivity index (χ0v) is 8.16. The van der Waals surface area contributed by atoms with Gasteiger partial charge in [0, 0.05) is 11.5 Å². The van der Waals surface area contributed by atoms with Crippen LogP contribution in [0.4, 0.5) is 4.39 Å². The predicted molar refractivity (Wildman–Crippen MR) is 52.9 cm³/mol. The fraction of sp³-hybridized carbons (Fsp3) is 0.455. The lowest BCUT2D eigenvalue weighted by atomic mass is 9.85. The Balaban J connectivity index is 2.41. The van der Waals surface area contributed by atoms with E-state index >= 15 is 0 Å². The van der Waals surface area contributed by atoms with Crippen molar-refractivity contribution < 1.29 is 9.13 Å². The van der Waals surface area contributed by atoms with Crippen molar-refractivity contribution in [3.05, 3.63) is 29.6 Å². The lowest BCUT2D eigenvalue weighted by Crippen LogP contribution is -2.30. The largest absolute Gasteiger partial charge is 0.490 e. The highest BCUT2D eigenvalue weighted by atomic mass is 19.1. The monoisotopic (exact) mass is 195 g/mol. The molecule has 0 amide bonds. The first kappa shape index (κ1) is 9.46. The Morgan fingerprint density at radius 3 is 3.07 bits per heavy atom. The van der Waals surface area contributed by atoms with Crippen LogP contribution >= 0.6 is 0 Å². The summed E-state index contributed by atoms with van der Waals surface area (Å²) >= 11 is 0. The average Bonchev–Trinajstić information content (AvgIpc) is 2.20. The molecule has 2 atom stereocenters. The van der Waals surface area contributed by atoms with E-state index < -0.39 is 0 Å². The van der Waals surface area contributed by atoms with Gasteiger partial charge in [0.05, 0.1) is 6.61 Å². The molecular formula is C11H14FNO. The van der Waals surface area contributed by atoms with Crippen LogP contribution in [0.25, 0.3) is 0 Å². The maximum Gasteiger partial charge on any atom is 0.165 e. The number of benzene rings is 1. The smallest absolute Gasteiger partial charge is 0.165 e. The molecule has 1 aromatic rings. The first-order valence-corrected chi connectivity index (χ1v) is 4.85. The van der Waals surface area contributed by atoms with Crippen molar-refractivity contribution >= 4 is 0 Å². The van der Waals surface area contributed by atoms with Crippen LogP contribution in [-0.2, 0) is 0 Å². The number of para-hydroxylation sites is 1. The van der Waals surface area contributed by atoms with Gasteiger partial charge in [-0.05, 0) is 18.5 Å². The quantitative estimate of drug-likeness (QED) is 0.742. The summed E-state index contributed by atoms with van der Waals surface area (Å²) < 4.78 is 18.7. The van der Waals surface area contributed by atoms with Crippen molar-refractivity contribution in [2.75, 3.05) is 13.2 Å². The van der Waals surface area contributed by atoms with Crippen molar-refractivity contribution in [2.24, 2.45) is 11.7 Å².